The molecular formula is C20H29N3O3. The molecule has 2 aliphatic rings. The molecule has 0 aliphatic carbocycles. The van der Waals surface area contributed by atoms with Crippen molar-refractivity contribution in [3.8, 4) is 0 Å². The highest BCUT2D eigenvalue weighted by atomic mass is 16.5. The highest BCUT2D eigenvalue weighted by Gasteiger charge is 2.36. The number of rotatable bonds is 4. The summed E-state index contributed by atoms with van der Waals surface area (Å²) in [6.45, 7) is 10.3. The summed E-state index contributed by atoms with van der Waals surface area (Å²) in [7, 11) is 0. The van der Waals surface area contributed by atoms with Crippen LogP contribution in [0.25, 0.3) is 0 Å². The Morgan fingerprint density at radius 3 is 2.58 bits per heavy atom. The molecular weight excluding hydrogens is 330 g/mol. The zero-order valence-electron chi connectivity index (χ0n) is 15.9. The Morgan fingerprint density at radius 2 is 1.92 bits per heavy atom. The van der Waals surface area contributed by atoms with Crippen LogP contribution >= 0.6 is 0 Å². The minimum atomic E-state index is -0.0684. The molecule has 2 saturated heterocycles. The number of morpholine rings is 1. The minimum Gasteiger partial charge on any atom is -0.378 e. The molecule has 0 bridgehead atoms. The first-order chi connectivity index (χ1) is 12.5. The quantitative estimate of drug-likeness (QED) is 0.890. The molecule has 0 saturated carbocycles. The summed E-state index contributed by atoms with van der Waals surface area (Å²) in [5, 5.41) is 3.17. The van der Waals surface area contributed by atoms with Gasteiger partial charge in [-0.25, -0.2) is 0 Å². The van der Waals surface area contributed by atoms with Gasteiger partial charge in [-0.3, -0.25) is 9.59 Å². The van der Waals surface area contributed by atoms with Crippen LogP contribution in [0.3, 0.4) is 0 Å². The molecule has 6 nitrogen and oxygen atoms in total. The van der Waals surface area contributed by atoms with Crippen LogP contribution in [-0.4, -0.2) is 62.1 Å². The largest absolute Gasteiger partial charge is 0.378 e. The van der Waals surface area contributed by atoms with Gasteiger partial charge in [0.2, 0.25) is 5.91 Å². The molecule has 2 atom stereocenters. The van der Waals surface area contributed by atoms with Gasteiger partial charge >= 0.3 is 0 Å². The topological polar surface area (TPSA) is 61.9 Å². The fourth-order valence-corrected chi connectivity index (χ4v) is 3.83. The van der Waals surface area contributed by atoms with Gasteiger partial charge in [-0.1, -0.05) is 19.9 Å². The van der Waals surface area contributed by atoms with Crippen molar-refractivity contribution in [2.45, 2.75) is 26.8 Å². The van der Waals surface area contributed by atoms with E-state index < -0.39 is 0 Å². The Hall–Kier alpha value is -2.08. The molecule has 0 unspecified atom stereocenters. The summed E-state index contributed by atoms with van der Waals surface area (Å²) in [6.07, 6.45) is 0. The lowest BCUT2D eigenvalue weighted by Crippen LogP contribution is -2.42. The number of amides is 2. The molecule has 1 aromatic carbocycles. The Morgan fingerprint density at radius 1 is 1.19 bits per heavy atom. The summed E-state index contributed by atoms with van der Waals surface area (Å²) < 4.78 is 5.40. The maximum atomic E-state index is 12.8. The number of benzene rings is 1. The van der Waals surface area contributed by atoms with Crippen LogP contribution in [0.5, 0.6) is 0 Å². The first-order valence-corrected chi connectivity index (χ1v) is 9.45. The van der Waals surface area contributed by atoms with Crippen LogP contribution in [0.1, 0.15) is 31.1 Å². The fourth-order valence-electron chi connectivity index (χ4n) is 3.83. The van der Waals surface area contributed by atoms with E-state index >= 15 is 0 Å². The molecule has 6 heteroatoms. The van der Waals surface area contributed by atoms with Crippen LogP contribution in [0, 0.1) is 11.8 Å². The van der Waals surface area contributed by atoms with Gasteiger partial charge in [0.25, 0.3) is 5.91 Å². The number of likely N-dealkylation sites (tertiary alicyclic amines) is 1. The van der Waals surface area contributed by atoms with Crippen molar-refractivity contribution in [2.75, 3.05) is 44.3 Å². The van der Waals surface area contributed by atoms with E-state index in [-0.39, 0.29) is 23.8 Å². The smallest absolute Gasteiger partial charge is 0.251 e. The summed E-state index contributed by atoms with van der Waals surface area (Å²) in [6, 6.07) is 7.75. The van der Waals surface area contributed by atoms with Crippen molar-refractivity contribution in [2.24, 2.45) is 11.8 Å². The number of anilines is 1. The lowest BCUT2D eigenvalue weighted by molar-refractivity contribution is -0.128. The molecule has 142 valence electrons. The summed E-state index contributed by atoms with van der Waals surface area (Å²) >= 11 is 0. The van der Waals surface area contributed by atoms with Crippen molar-refractivity contribution >= 4 is 17.5 Å². The summed E-state index contributed by atoms with van der Waals surface area (Å²) in [5.41, 5.74) is 1.72. The van der Waals surface area contributed by atoms with Gasteiger partial charge in [-0.05, 0) is 24.1 Å². The first-order valence-electron chi connectivity index (χ1n) is 9.45. The van der Waals surface area contributed by atoms with Crippen LogP contribution < -0.4 is 10.2 Å². The maximum Gasteiger partial charge on any atom is 0.251 e. The predicted molar refractivity (Wildman–Crippen MR) is 101 cm³/mol. The number of nitrogens with one attached hydrogen (secondary N) is 1. The third-order valence-electron chi connectivity index (χ3n) is 5.47. The molecule has 2 heterocycles. The third-order valence-corrected chi connectivity index (χ3v) is 5.47. The van der Waals surface area contributed by atoms with E-state index in [2.05, 4.69) is 24.1 Å². The number of carbonyl (C=O) groups is 2. The number of hydrogen-bond acceptors (Lipinski definition) is 4. The van der Waals surface area contributed by atoms with E-state index in [4.69, 9.17) is 4.74 Å². The molecule has 0 radical (unpaired) electrons. The first kappa shape index (κ1) is 18.7. The predicted octanol–water partition coefficient (Wildman–Crippen LogP) is 1.76. The third kappa shape index (κ3) is 4.18. The van der Waals surface area contributed by atoms with E-state index in [9.17, 15) is 9.59 Å². The van der Waals surface area contributed by atoms with Crippen molar-refractivity contribution in [1.29, 1.82) is 0 Å². The molecule has 1 aromatic rings. The maximum absolute atomic E-state index is 12.8. The monoisotopic (exact) mass is 359 g/mol. The van der Waals surface area contributed by atoms with Crippen LogP contribution in [-0.2, 0) is 9.53 Å². The molecule has 1 N–H and O–H groups in total. The average Bonchev–Trinajstić information content (AvgIpc) is 3.07. The summed E-state index contributed by atoms with van der Waals surface area (Å²) in [4.78, 5) is 28.6. The van der Waals surface area contributed by atoms with E-state index in [1.165, 1.54) is 0 Å². The molecule has 0 aromatic heterocycles. The standard InChI is InChI=1S/C20H29N3O3/c1-14(2)18-12-23(15(3)24)13-19(18)21-20(25)16-5-4-6-17(11-16)22-7-9-26-10-8-22/h4-6,11,14,18-19H,7-10,12-13H2,1-3H3,(H,21,25)/t18-,19+/m1/s1. The molecule has 26 heavy (non-hydrogen) atoms. The van der Waals surface area contributed by atoms with Crippen LogP contribution in [0.2, 0.25) is 0 Å². The number of carbonyl (C=O) groups excluding carboxylic acids is 2. The minimum absolute atomic E-state index is 0.00144. The second-order valence-electron chi connectivity index (χ2n) is 7.56. The molecule has 2 fully saturated rings. The van der Waals surface area contributed by atoms with Gasteiger partial charge in [0.1, 0.15) is 0 Å². The Balaban J connectivity index is 1.70. The van der Waals surface area contributed by atoms with E-state index in [0.29, 0.717) is 24.6 Å². The molecule has 3 rings (SSSR count). The number of ether oxygens (including phenoxy) is 1. The van der Waals surface area contributed by atoms with Gasteiger partial charge in [0, 0.05) is 50.3 Å². The van der Waals surface area contributed by atoms with E-state index in [1.54, 1.807) is 6.92 Å². The lowest BCUT2D eigenvalue weighted by Gasteiger charge is -2.29. The zero-order valence-corrected chi connectivity index (χ0v) is 15.9. The Bertz CT molecular complexity index is 655. The molecule has 2 amide bonds. The van der Waals surface area contributed by atoms with Crippen molar-refractivity contribution < 1.29 is 14.3 Å². The van der Waals surface area contributed by atoms with Crippen molar-refractivity contribution in [3.63, 3.8) is 0 Å². The van der Waals surface area contributed by atoms with Gasteiger partial charge in [0.05, 0.1) is 19.3 Å². The van der Waals surface area contributed by atoms with E-state index in [0.717, 1.165) is 32.0 Å². The average molecular weight is 359 g/mol. The zero-order chi connectivity index (χ0) is 18.7. The second-order valence-corrected chi connectivity index (χ2v) is 7.56. The normalized spacial score (nSPS) is 23.4. The van der Waals surface area contributed by atoms with Crippen LogP contribution in [0.15, 0.2) is 24.3 Å². The van der Waals surface area contributed by atoms with Crippen LogP contribution in [0.4, 0.5) is 5.69 Å². The number of nitrogens with zero attached hydrogens (tertiary/aromatic N) is 2. The summed E-state index contributed by atoms with van der Waals surface area (Å²) in [5.74, 6) is 0.692. The second kappa shape index (κ2) is 8.08. The SMILES string of the molecule is CC(=O)N1C[C@H](NC(=O)c2cccc(N3CCOCC3)c2)[C@@H](C(C)C)C1. The van der Waals surface area contributed by atoms with Gasteiger partial charge in [-0.15, -0.1) is 0 Å². The van der Waals surface area contributed by atoms with Gasteiger partial charge in [0.15, 0.2) is 0 Å². The van der Waals surface area contributed by atoms with E-state index in [1.807, 2.05) is 29.2 Å². The van der Waals surface area contributed by atoms with Gasteiger partial charge < -0.3 is 19.9 Å². The molecule has 2 aliphatic heterocycles. The molecule has 0 spiro atoms. The Labute approximate surface area is 155 Å². The van der Waals surface area contributed by atoms with Crippen molar-refractivity contribution in [3.05, 3.63) is 29.8 Å². The number of hydrogen-bond donors (Lipinski definition) is 1. The van der Waals surface area contributed by atoms with Crippen molar-refractivity contribution in [1.82, 2.24) is 10.2 Å². The highest BCUT2D eigenvalue weighted by molar-refractivity contribution is 5.95. The van der Waals surface area contributed by atoms with Gasteiger partial charge in [-0.2, -0.15) is 0 Å². The lowest BCUT2D eigenvalue weighted by atomic mass is 9.91. The Kier molecular flexibility index (Phi) is 5.81. The fraction of sp³-hybridized carbons (Fsp3) is 0.600. The highest BCUT2D eigenvalue weighted by Crippen LogP contribution is 2.25.